The zero-order valence-electron chi connectivity index (χ0n) is 27.4. The molecule has 0 aromatic carbocycles. The van der Waals surface area contributed by atoms with Gasteiger partial charge in [0.15, 0.2) is 0 Å². The minimum atomic E-state index is -9.14. The first-order valence-electron chi connectivity index (χ1n) is 16.3. The number of rotatable bonds is 27. The van der Waals surface area contributed by atoms with Crippen LogP contribution in [0.4, 0.5) is 92.2 Å². The van der Waals surface area contributed by atoms with Crippen LogP contribution < -0.4 is 0 Å². The van der Waals surface area contributed by atoms with Crippen LogP contribution in [-0.2, 0) is 0 Å². The molecule has 0 unspecified atom stereocenters. The van der Waals surface area contributed by atoms with Crippen LogP contribution in [0.25, 0.3) is 0 Å². The maximum absolute atomic E-state index is 14.0. The molecule has 0 aliphatic rings. The van der Waals surface area contributed by atoms with Crippen molar-refractivity contribution in [1.29, 1.82) is 0 Å². The molecule has 0 aliphatic carbocycles. The standard InChI is InChI=1S/C30H41F21/c1-2-3-4-5-6-7-8-9-10-11-12-13-14-15-16-17-18-19-20-21(31,32)22(33,34)23(35,36)24(37,38)25(39,40)26(41,42)27(43,44)28(45,46)29(47,48)30(49,50)51/h2-20H2,1H3. The molecule has 0 bridgehead atoms. The molecule has 308 valence electrons. The Morgan fingerprint density at radius 1 is 0.235 bits per heavy atom. The van der Waals surface area contributed by atoms with Gasteiger partial charge < -0.3 is 0 Å². The van der Waals surface area contributed by atoms with Gasteiger partial charge in [0.1, 0.15) is 0 Å². The Bertz CT molecular complexity index is 1000. The van der Waals surface area contributed by atoms with Gasteiger partial charge >= 0.3 is 59.5 Å². The van der Waals surface area contributed by atoms with Gasteiger partial charge in [0.05, 0.1) is 0 Å². The van der Waals surface area contributed by atoms with E-state index in [1.165, 1.54) is 25.7 Å². The first-order valence-corrected chi connectivity index (χ1v) is 16.3. The highest BCUT2D eigenvalue weighted by atomic mass is 19.4. The molecule has 0 saturated carbocycles. The molecule has 0 fully saturated rings. The van der Waals surface area contributed by atoms with Crippen LogP contribution in [-0.4, -0.2) is 59.5 Å². The third kappa shape index (κ3) is 10.4. The van der Waals surface area contributed by atoms with E-state index in [1.54, 1.807) is 0 Å². The van der Waals surface area contributed by atoms with Crippen LogP contribution in [0.5, 0.6) is 0 Å². The Morgan fingerprint density at radius 3 is 0.667 bits per heavy atom. The van der Waals surface area contributed by atoms with Crippen molar-refractivity contribution in [2.24, 2.45) is 0 Å². The van der Waals surface area contributed by atoms with E-state index >= 15 is 0 Å². The molecule has 0 atom stereocenters. The Kier molecular flexibility index (Phi) is 17.7. The van der Waals surface area contributed by atoms with Crippen molar-refractivity contribution in [3.63, 3.8) is 0 Å². The number of unbranched alkanes of at least 4 members (excludes halogenated alkanes) is 17. The van der Waals surface area contributed by atoms with E-state index < -0.39 is 78.7 Å². The summed E-state index contributed by atoms with van der Waals surface area (Å²) in [7, 11) is 0. The monoisotopic (exact) mass is 800 g/mol. The average molecular weight is 801 g/mol. The van der Waals surface area contributed by atoms with E-state index in [0.29, 0.717) is 19.3 Å². The van der Waals surface area contributed by atoms with Crippen LogP contribution in [0.1, 0.15) is 129 Å². The van der Waals surface area contributed by atoms with Gasteiger partial charge in [0, 0.05) is 6.42 Å². The molecule has 0 aromatic rings. The van der Waals surface area contributed by atoms with Crippen molar-refractivity contribution < 1.29 is 92.2 Å². The quantitative estimate of drug-likeness (QED) is 0.0573. The van der Waals surface area contributed by atoms with E-state index in [1.807, 2.05) is 0 Å². The minimum absolute atomic E-state index is 0.0113. The van der Waals surface area contributed by atoms with Crippen molar-refractivity contribution in [3.05, 3.63) is 0 Å². The van der Waals surface area contributed by atoms with Crippen molar-refractivity contribution in [1.82, 2.24) is 0 Å². The fraction of sp³-hybridized carbons (Fsp3) is 1.00. The molecule has 0 N–H and O–H groups in total. The van der Waals surface area contributed by atoms with E-state index in [0.717, 1.165) is 51.4 Å². The van der Waals surface area contributed by atoms with Crippen LogP contribution in [0.15, 0.2) is 0 Å². The summed E-state index contributed by atoms with van der Waals surface area (Å²) in [5, 5.41) is 0. The zero-order valence-corrected chi connectivity index (χ0v) is 27.4. The summed E-state index contributed by atoms with van der Waals surface area (Å²) >= 11 is 0. The number of alkyl halides is 21. The molecule has 0 saturated heterocycles. The molecule has 51 heavy (non-hydrogen) atoms. The number of halogens is 21. The van der Waals surface area contributed by atoms with E-state index in [2.05, 4.69) is 6.92 Å². The third-order valence-corrected chi connectivity index (χ3v) is 8.42. The molecule has 0 spiro atoms. The number of hydrogen-bond donors (Lipinski definition) is 0. The number of hydrogen-bond acceptors (Lipinski definition) is 0. The molecule has 0 aromatic heterocycles. The molecule has 0 radical (unpaired) electrons. The van der Waals surface area contributed by atoms with Gasteiger partial charge in [-0.05, 0) is 6.42 Å². The second kappa shape index (κ2) is 18.2. The summed E-state index contributed by atoms with van der Waals surface area (Å²) in [5.74, 6) is -76.3. The molecule has 0 amide bonds. The predicted octanol–water partition coefficient (Wildman–Crippen LogP) is 14.7. The van der Waals surface area contributed by atoms with Crippen LogP contribution >= 0.6 is 0 Å². The van der Waals surface area contributed by atoms with Gasteiger partial charge in [-0.1, -0.05) is 116 Å². The first kappa shape index (κ1) is 49.5. The summed E-state index contributed by atoms with van der Waals surface area (Å²) in [5.41, 5.74) is 0. The SMILES string of the molecule is CCCCCCCCCCCCCCCCCCCCC(F)(F)C(F)(F)C(F)(F)C(F)(F)C(F)(F)C(F)(F)C(F)(F)C(F)(F)C(F)(F)C(F)(F)F. The molecule has 0 rings (SSSR count). The zero-order chi connectivity index (χ0) is 40.4. The molecule has 0 aliphatic heterocycles. The predicted molar refractivity (Wildman–Crippen MR) is 144 cm³/mol. The first-order chi connectivity index (χ1) is 22.8. The van der Waals surface area contributed by atoms with Gasteiger partial charge in [-0.2, -0.15) is 92.2 Å². The highest BCUT2D eigenvalue weighted by molar-refractivity contribution is 5.17. The minimum Gasteiger partial charge on any atom is -0.200 e. The Morgan fingerprint density at radius 2 is 0.431 bits per heavy atom. The van der Waals surface area contributed by atoms with Gasteiger partial charge in [-0.3, -0.25) is 0 Å². The molecule has 0 nitrogen and oxygen atoms in total. The van der Waals surface area contributed by atoms with Crippen molar-refractivity contribution in [3.8, 4) is 0 Å². The Hall–Kier alpha value is -1.47. The topological polar surface area (TPSA) is 0 Å². The summed E-state index contributed by atoms with van der Waals surface area (Å²) < 4.78 is 283. The third-order valence-electron chi connectivity index (χ3n) is 8.42. The second-order valence-corrected chi connectivity index (χ2v) is 12.6. The van der Waals surface area contributed by atoms with Gasteiger partial charge in [0.2, 0.25) is 0 Å². The van der Waals surface area contributed by atoms with Crippen molar-refractivity contribution >= 4 is 0 Å². The highest BCUT2D eigenvalue weighted by Crippen LogP contribution is 2.66. The highest BCUT2D eigenvalue weighted by Gasteiger charge is 2.97. The van der Waals surface area contributed by atoms with E-state index in [9.17, 15) is 92.2 Å². The molecular weight excluding hydrogens is 759 g/mol. The van der Waals surface area contributed by atoms with Gasteiger partial charge in [-0.25, -0.2) is 0 Å². The fourth-order valence-corrected chi connectivity index (χ4v) is 5.00. The van der Waals surface area contributed by atoms with Crippen molar-refractivity contribution in [2.75, 3.05) is 0 Å². The summed E-state index contributed by atoms with van der Waals surface area (Å²) in [6.07, 6.45) is 2.36. The average Bonchev–Trinajstić information content (AvgIpc) is 2.99. The fourth-order valence-electron chi connectivity index (χ4n) is 5.00. The lowest BCUT2D eigenvalue weighted by Crippen LogP contribution is -2.76. The lowest BCUT2D eigenvalue weighted by atomic mass is 9.85. The molecule has 0 heterocycles. The van der Waals surface area contributed by atoms with Crippen LogP contribution in [0.2, 0.25) is 0 Å². The van der Waals surface area contributed by atoms with Gasteiger partial charge in [0.25, 0.3) is 0 Å². The lowest BCUT2D eigenvalue weighted by Gasteiger charge is -2.44. The second-order valence-electron chi connectivity index (χ2n) is 12.6. The Labute approximate surface area is 281 Å². The van der Waals surface area contributed by atoms with E-state index in [4.69, 9.17) is 0 Å². The maximum atomic E-state index is 14.0. The Balaban J connectivity index is 5.22. The largest absolute Gasteiger partial charge is 0.460 e. The smallest absolute Gasteiger partial charge is 0.200 e. The van der Waals surface area contributed by atoms with Gasteiger partial charge in [-0.15, -0.1) is 0 Å². The van der Waals surface area contributed by atoms with E-state index in [-0.39, 0.29) is 6.42 Å². The molecular formula is C30H41F21. The summed E-state index contributed by atoms with van der Waals surface area (Å²) in [6.45, 7) is 2.13. The summed E-state index contributed by atoms with van der Waals surface area (Å²) in [4.78, 5) is 0. The normalized spacial score (nSPS) is 15.2. The maximum Gasteiger partial charge on any atom is 0.460 e. The summed E-state index contributed by atoms with van der Waals surface area (Å²) in [6, 6.07) is 0. The van der Waals surface area contributed by atoms with Crippen molar-refractivity contribution in [2.45, 2.75) is 188 Å². The lowest BCUT2D eigenvalue weighted by molar-refractivity contribution is -0.474. The van der Waals surface area contributed by atoms with Crippen LogP contribution in [0.3, 0.4) is 0 Å². The molecule has 21 heteroatoms. The van der Waals surface area contributed by atoms with Crippen LogP contribution in [0, 0.1) is 0 Å².